The van der Waals surface area contributed by atoms with Crippen LogP contribution >= 0.6 is 11.8 Å². The Morgan fingerprint density at radius 1 is 1.33 bits per heavy atom. The number of benzene rings is 1. The van der Waals surface area contributed by atoms with Crippen molar-refractivity contribution in [3.63, 3.8) is 0 Å². The van der Waals surface area contributed by atoms with E-state index >= 15 is 0 Å². The van der Waals surface area contributed by atoms with Crippen LogP contribution in [0.2, 0.25) is 0 Å². The second-order valence-electron chi connectivity index (χ2n) is 4.52. The highest BCUT2D eigenvalue weighted by molar-refractivity contribution is 7.98. The van der Waals surface area contributed by atoms with Gasteiger partial charge >= 0.3 is 11.9 Å². The minimum Gasteiger partial charge on any atom is -0.465 e. The number of ether oxygens (including phenoxy) is 2. The van der Waals surface area contributed by atoms with E-state index in [0.29, 0.717) is 11.3 Å². The van der Waals surface area contributed by atoms with Gasteiger partial charge in [0.25, 0.3) is 0 Å². The number of carbonyl (C=O) groups is 2. The lowest BCUT2D eigenvalue weighted by atomic mass is 10.1. The zero-order valence-corrected chi connectivity index (χ0v) is 13.2. The first-order chi connectivity index (χ1) is 10.1. The molecule has 4 nitrogen and oxygen atoms in total. The van der Waals surface area contributed by atoms with E-state index in [9.17, 15) is 9.59 Å². The molecule has 0 bridgehead atoms. The molecule has 0 aliphatic heterocycles. The maximum absolute atomic E-state index is 11.6. The average molecular weight is 308 g/mol. The van der Waals surface area contributed by atoms with Crippen LogP contribution in [0.15, 0.2) is 36.9 Å². The summed E-state index contributed by atoms with van der Waals surface area (Å²) in [5, 5.41) is 0. The Morgan fingerprint density at radius 3 is 2.57 bits per heavy atom. The van der Waals surface area contributed by atoms with Crippen molar-refractivity contribution in [2.75, 3.05) is 19.5 Å². The van der Waals surface area contributed by atoms with E-state index in [-0.39, 0.29) is 24.5 Å². The topological polar surface area (TPSA) is 52.6 Å². The first kappa shape index (κ1) is 17.3. The zero-order chi connectivity index (χ0) is 15.7. The van der Waals surface area contributed by atoms with Crippen molar-refractivity contribution < 1.29 is 19.1 Å². The van der Waals surface area contributed by atoms with E-state index < -0.39 is 0 Å². The standard InChI is InChI=1S/C16H20O4S/c1-4-9-20-15(17)12(2)10-21-11-13-5-7-14(8-6-13)16(18)19-3/h4-8,12H,1,9-11H2,2-3H3. The van der Waals surface area contributed by atoms with Crippen molar-refractivity contribution in [1.29, 1.82) is 0 Å². The Balaban J connectivity index is 2.37. The number of esters is 2. The van der Waals surface area contributed by atoms with Crippen molar-refractivity contribution in [2.24, 2.45) is 5.92 Å². The fourth-order valence-corrected chi connectivity index (χ4v) is 2.60. The number of hydrogen-bond acceptors (Lipinski definition) is 5. The number of rotatable bonds is 8. The van der Waals surface area contributed by atoms with E-state index in [2.05, 4.69) is 11.3 Å². The molecule has 1 aromatic carbocycles. The first-order valence-electron chi connectivity index (χ1n) is 6.61. The van der Waals surface area contributed by atoms with E-state index in [1.807, 2.05) is 19.1 Å². The summed E-state index contributed by atoms with van der Waals surface area (Å²) >= 11 is 1.65. The van der Waals surface area contributed by atoms with Gasteiger partial charge in [-0.1, -0.05) is 31.7 Å². The largest absolute Gasteiger partial charge is 0.465 e. The molecule has 1 rings (SSSR count). The fraction of sp³-hybridized carbons (Fsp3) is 0.375. The Labute approximate surface area is 129 Å². The Hall–Kier alpha value is -1.75. The molecule has 0 aliphatic rings. The molecule has 5 heteroatoms. The van der Waals surface area contributed by atoms with Gasteiger partial charge in [0.2, 0.25) is 0 Å². The summed E-state index contributed by atoms with van der Waals surface area (Å²) in [6.45, 7) is 5.60. The third-order valence-electron chi connectivity index (χ3n) is 2.76. The van der Waals surface area contributed by atoms with Crippen molar-refractivity contribution in [3.05, 3.63) is 48.0 Å². The van der Waals surface area contributed by atoms with Gasteiger partial charge in [-0.05, 0) is 17.7 Å². The van der Waals surface area contributed by atoms with Crippen LogP contribution in [0.4, 0.5) is 0 Å². The summed E-state index contributed by atoms with van der Waals surface area (Å²) in [6, 6.07) is 7.26. The lowest BCUT2D eigenvalue weighted by Gasteiger charge is -2.10. The SMILES string of the molecule is C=CCOC(=O)C(C)CSCc1ccc(C(=O)OC)cc1. The minimum absolute atomic E-state index is 0.149. The lowest BCUT2D eigenvalue weighted by molar-refractivity contribution is -0.145. The maximum Gasteiger partial charge on any atom is 0.337 e. The molecular weight excluding hydrogens is 288 g/mol. The summed E-state index contributed by atoms with van der Waals surface area (Å²) in [4.78, 5) is 22.9. The van der Waals surface area contributed by atoms with Crippen LogP contribution in [0.3, 0.4) is 0 Å². The van der Waals surface area contributed by atoms with Gasteiger partial charge in [0.15, 0.2) is 0 Å². The van der Waals surface area contributed by atoms with Gasteiger partial charge in [0, 0.05) is 11.5 Å². The van der Waals surface area contributed by atoms with Crippen LogP contribution in [0, 0.1) is 5.92 Å². The molecular formula is C16H20O4S. The van der Waals surface area contributed by atoms with E-state index in [1.54, 1.807) is 30.0 Å². The van der Waals surface area contributed by atoms with E-state index in [1.165, 1.54) is 7.11 Å². The van der Waals surface area contributed by atoms with E-state index in [4.69, 9.17) is 4.74 Å². The molecule has 1 aromatic rings. The average Bonchev–Trinajstić information content (AvgIpc) is 2.52. The third-order valence-corrected chi connectivity index (χ3v) is 4.03. The number of methoxy groups -OCH3 is 1. The molecule has 0 aromatic heterocycles. The van der Waals surface area contributed by atoms with Gasteiger partial charge in [0.1, 0.15) is 6.61 Å². The van der Waals surface area contributed by atoms with Crippen molar-refractivity contribution in [2.45, 2.75) is 12.7 Å². The molecule has 0 aliphatic carbocycles. The van der Waals surface area contributed by atoms with Gasteiger partial charge in [0.05, 0.1) is 18.6 Å². The molecule has 21 heavy (non-hydrogen) atoms. The van der Waals surface area contributed by atoms with Crippen molar-refractivity contribution >= 4 is 23.7 Å². The molecule has 0 fully saturated rings. The van der Waals surface area contributed by atoms with Crippen LogP contribution in [0.1, 0.15) is 22.8 Å². The van der Waals surface area contributed by atoms with Gasteiger partial charge in [-0.25, -0.2) is 4.79 Å². The van der Waals surface area contributed by atoms with Crippen molar-refractivity contribution in [3.8, 4) is 0 Å². The maximum atomic E-state index is 11.6. The van der Waals surface area contributed by atoms with E-state index in [0.717, 1.165) is 11.3 Å². The molecule has 114 valence electrons. The van der Waals surface area contributed by atoms with Crippen molar-refractivity contribution in [1.82, 2.24) is 0 Å². The Morgan fingerprint density at radius 2 is 2.00 bits per heavy atom. The molecule has 0 radical (unpaired) electrons. The van der Waals surface area contributed by atoms with Crippen LogP contribution in [-0.4, -0.2) is 31.4 Å². The predicted octanol–water partition coefficient (Wildman–Crippen LogP) is 3.07. The summed E-state index contributed by atoms with van der Waals surface area (Å²) in [7, 11) is 1.36. The van der Waals surface area contributed by atoms with Crippen LogP contribution in [-0.2, 0) is 20.0 Å². The quantitative estimate of drug-likeness (QED) is 0.546. The van der Waals surface area contributed by atoms with Crippen LogP contribution in [0.25, 0.3) is 0 Å². The third kappa shape index (κ3) is 6.04. The molecule has 0 amide bonds. The number of thioether (sulfide) groups is 1. The minimum atomic E-state index is -0.340. The van der Waals surface area contributed by atoms with Gasteiger partial charge in [-0.3, -0.25) is 4.79 Å². The molecule has 1 atom stereocenters. The fourth-order valence-electron chi connectivity index (χ4n) is 1.56. The molecule has 0 saturated carbocycles. The smallest absolute Gasteiger partial charge is 0.337 e. The highest BCUT2D eigenvalue weighted by atomic mass is 32.2. The van der Waals surface area contributed by atoms with Gasteiger partial charge < -0.3 is 9.47 Å². The first-order valence-corrected chi connectivity index (χ1v) is 7.76. The van der Waals surface area contributed by atoms with Crippen LogP contribution < -0.4 is 0 Å². The Kier molecular flexibility index (Phi) is 7.61. The summed E-state index contributed by atoms with van der Waals surface area (Å²) in [5.41, 5.74) is 1.63. The van der Waals surface area contributed by atoms with Crippen LogP contribution in [0.5, 0.6) is 0 Å². The zero-order valence-electron chi connectivity index (χ0n) is 12.3. The Bertz CT molecular complexity index is 482. The summed E-state index contributed by atoms with van der Waals surface area (Å²) in [5.74, 6) is 0.774. The normalized spacial score (nSPS) is 11.5. The highest BCUT2D eigenvalue weighted by Gasteiger charge is 2.13. The molecule has 0 spiro atoms. The predicted molar refractivity (Wildman–Crippen MR) is 84.3 cm³/mol. The number of carbonyl (C=O) groups excluding carboxylic acids is 2. The van der Waals surface area contributed by atoms with Gasteiger partial charge in [-0.2, -0.15) is 11.8 Å². The highest BCUT2D eigenvalue weighted by Crippen LogP contribution is 2.17. The second kappa shape index (κ2) is 9.23. The van der Waals surface area contributed by atoms with Gasteiger partial charge in [-0.15, -0.1) is 0 Å². The summed E-state index contributed by atoms with van der Waals surface area (Å²) < 4.78 is 9.63. The monoisotopic (exact) mass is 308 g/mol. The molecule has 0 saturated heterocycles. The lowest BCUT2D eigenvalue weighted by Crippen LogP contribution is -2.17. The molecule has 0 heterocycles. The second-order valence-corrected chi connectivity index (χ2v) is 5.55. The molecule has 0 N–H and O–H groups in total. The summed E-state index contributed by atoms with van der Waals surface area (Å²) in [6.07, 6.45) is 1.56. The molecule has 1 unspecified atom stereocenters. The number of hydrogen-bond donors (Lipinski definition) is 0.